The van der Waals surface area contributed by atoms with E-state index in [1.54, 1.807) is 12.1 Å². The standard InChI is InChI=1S/C16H22O3/c1-11(2)6-5-9-16(3)15(18)10-12-13(17)7-4-8-14(12)19-16/h4,6-8,15,17-18H,5,9-10H2,1-3H3. The fourth-order valence-corrected chi connectivity index (χ4v) is 2.45. The number of benzene rings is 1. The third kappa shape index (κ3) is 2.92. The molecule has 0 aromatic heterocycles. The number of allylic oxidation sites excluding steroid dienone is 2. The summed E-state index contributed by atoms with van der Waals surface area (Å²) in [6.45, 7) is 6.06. The van der Waals surface area contributed by atoms with E-state index in [1.165, 1.54) is 5.57 Å². The van der Waals surface area contributed by atoms with Crippen LogP contribution in [0.15, 0.2) is 29.8 Å². The summed E-state index contributed by atoms with van der Waals surface area (Å²) in [6.07, 6.45) is 3.63. The molecule has 104 valence electrons. The fourth-order valence-electron chi connectivity index (χ4n) is 2.45. The van der Waals surface area contributed by atoms with E-state index in [4.69, 9.17) is 4.74 Å². The molecular formula is C16H22O3. The molecule has 1 aromatic rings. The van der Waals surface area contributed by atoms with Crippen molar-refractivity contribution in [3.63, 3.8) is 0 Å². The highest BCUT2D eigenvalue weighted by atomic mass is 16.5. The minimum absolute atomic E-state index is 0.197. The highest BCUT2D eigenvalue weighted by Gasteiger charge is 2.40. The Morgan fingerprint density at radius 2 is 2.21 bits per heavy atom. The summed E-state index contributed by atoms with van der Waals surface area (Å²) in [5.74, 6) is 0.882. The van der Waals surface area contributed by atoms with Gasteiger partial charge in [0.05, 0.1) is 6.10 Å². The first-order valence-electron chi connectivity index (χ1n) is 6.74. The zero-order chi connectivity index (χ0) is 14.0. The number of fused-ring (bicyclic) bond motifs is 1. The molecule has 3 nitrogen and oxygen atoms in total. The third-order valence-corrected chi connectivity index (χ3v) is 3.75. The first kappa shape index (κ1) is 13.9. The molecule has 0 fully saturated rings. The Labute approximate surface area is 114 Å². The van der Waals surface area contributed by atoms with Crippen molar-refractivity contribution in [2.24, 2.45) is 0 Å². The topological polar surface area (TPSA) is 49.7 Å². The Morgan fingerprint density at radius 1 is 1.47 bits per heavy atom. The van der Waals surface area contributed by atoms with Crippen molar-refractivity contribution in [2.75, 3.05) is 0 Å². The van der Waals surface area contributed by atoms with Crippen molar-refractivity contribution in [3.8, 4) is 11.5 Å². The number of hydrogen-bond donors (Lipinski definition) is 2. The van der Waals surface area contributed by atoms with Gasteiger partial charge in [-0.3, -0.25) is 0 Å². The molecular weight excluding hydrogens is 240 g/mol. The summed E-state index contributed by atoms with van der Waals surface area (Å²) in [6, 6.07) is 5.24. The van der Waals surface area contributed by atoms with Gasteiger partial charge in [-0.15, -0.1) is 0 Å². The zero-order valence-corrected chi connectivity index (χ0v) is 11.8. The molecule has 2 atom stereocenters. The second kappa shape index (κ2) is 5.25. The van der Waals surface area contributed by atoms with E-state index in [2.05, 4.69) is 19.9 Å². The van der Waals surface area contributed by atoms with Gasteiger partial charge in [0.2, 0.25) is 0 Å². The molecule has 0 amide bonds. The smallest absolute Gasteiger partial charge is 0.133 e. The maximum Gasteiger partial charge on any atom is 0.133 e. The summed E-state index contributed by atoms with van der Waals surface area (Å²) in [4.78, 5) is 0. The minimum Gasteiger partial charge on any atom is -0.508 e. The van der Waals surface area contributed by atoms with Crippen LogP contribution in [0, 0.1) is 0 Å². The summed E-state index contributed by atoms with van der Waals surface area (Å²) >= 11 is 0. The van der Waals surface area contributed by atoms with E-state index < -0.39 is 11.7 Å². The molecule has 0 aliphatic carbocycles. The van der Waals surface area contributed by atoms with Crippen LogP contribution in [0.2, 0.25) is 0 Å². The van der Waals surface area contributed by atoms with E-state index in [0.29, 0.717) is 17.7 Å². The van der Waals surface area contributed by atoms with Crippen LogP contribution in [-0.4, -0.2) is 21.9 Å². The molecule has 0 saturated carbocycles. The number of aromatic hydroxyl groups is 1. The largest absolute Gasteiger partial charge is 0.508 e. The van der Waals surface area contributed by atoms with Crippen LogP contribution in [0.5, 0.6) is 11.5 Å². The number of rotatable bonds is 3. The zero-order valence-electron chi connectivity index (χ0n) is 11.8. The first-order chi connectivity index (χ1) is 8.92. The van der Waals surface area contributed by atoms with Crippen molar-refractivity contribution >= 4 is 0 Å². The van der Waals surface area contributed by atoms with Gasteiger partial charge in [-0.2, -0.15) is 0 Å². The molecule has 19 heavy (non-hydrogen) atoms. The first-order valence-corrected chi connectivity index (χ1v) is 6.74. The number of aliphatic hydroxyl groups is 1. The number of aliphatic hydroxyl groups excluding tert-OH is 1. The lowest BCUT2D eigenvalue weighted by Gasteiger charge is -2.40. The van der Waals surface area contributed by atoms with Gasteiger partial charge < -0.3 is 14.9 Å². The predicted molar refractivity (Wildman–Crippen MR) is 75.5 cm³/mol. The maximum absolute atomic E-state index is 10.3. The molecule has 1 aliphatic rings. The van der Waals surface area contributed by atoms with Crippen LogP contribution in [0.3, 0.4) is 0 Å². The van der Waals surface area contributed by atoms with Crippen LogP contribution < -0.4 is 4.74 Å². The van der Waals surface area contributed by atoms with Gasteiger partial charge in [0.1, 0.15) is 17.1 Å². The lowest BCUT2D eigenvalue weighted by molar-refractivity contribution is -0.0592. The molecule has 0 spiro atoms. The number of ether oxygens (including phenoxy) is 1. The quantitative estimate of drug-likeness (QED) is 0.822. The minimum atomic E-state index is -0.598. The predicted octanol–water partition coefficient (Wildman–Crippen LogP) is 3.19. The average Bonchev–Trinajstić information content (AvgIpc) is 2.31. The van der Waals surface area contributed by atoms with Crippen LogP contribution in [0.1, 0.15) is 39.2 Å². The van der Waals surface area contributed by atoms with E-state index in [-0.39, 0.29) is 5.75 Å². The van der Waals surface area contributed by atoms with Gasteiger partial charge in [-0.1, -0.05) is 17.7 Å². The van der Waals surface area contributed by atoms with Crippen molar-refractivity contribution in [1.29, 1.82) is 0 Å². The van der Waals surface area contributed by atoms with Crippen molar-refractivity contribution in [2.45, 2.75) is 51.7 Å². The van der Waals surface area contributed by atoms with E-state index in [1.807, 2.05) is 13.0 Å². The van der Waals surface area contributed by atoms with Gasteiger partial charge in [-0.25, -0.2) is 0 Å². The molecule has 2 N–H and O–H groups in total. The lowest BCUT2D eigenvalue weighted by Crippen LogP contribution is -2.48. The summed E-state index contributed by atoms with van der Waals surface area (Å²) in [5, 5.41) is 20.1. The van der Waals surface area contributed by atoms with E-state index in [9.17, 15) is 10.2 Å². The number of hydrogen-bond acceptors (Lipinski definition) is 3. The average molecular weight is 262 g/mol. The molecule has 0 radical (unpaired) electrons. The van der Waals surface area contributed by atoms with Crippen LogP contribution in [0.4, 0.5) is 0 Å². The van der Waals surface area contributed by atoms with Gasteiger partial charge in [0, 0.05) is 12.0 Å². The van der Waals surface area contributed by atoms with E-state index >= 15 is 0 Å². The van der Waals surface area contributed by atoms with Gasteiger partial charge in [-0.05, 0) is 45.7 Å². The molecule has 2 unspecified atom stereocenters. The molecule has 0 saturated heterocycles. The lowest BCUT2D eigenvalue weighted by atomic mass is 9.85. The third-order valence-electron chi connectivity index (χ3n) is 3.75. The van der Waals surface area contributed by atoms with Crippen molar-refractivity contribution < 1.29 is 14.9 Å². The maximum atomic E-state index is 10.3. The Morgan fingerprint density at radius 3 is 2.89 bits per heavy atom. The van der Waals surface area contributed by atoms with Gasteiger partial charge >= 0.3 is 0 Å². The van der Waals surface area contributed by atoms with Gasteiger partial charge in [0.15, 0.2) is 0 Å². The Kier molecular flexibility index (Phi) is 3.85. The number of phenolic OH excluding ortho intramolecular Hbond substituents is 1. The van der Waals surface area contributed by atoms with Crippen LogP contribution in [-0.2, 0) is 6.42 Å². The molecule has 1 aromatic carbocycles. The number of phenols is 1. The summed E-state index contributed by atoms with van der Waals surface area (Å²) in [7, 11) is 0. The monoisotopic (exact) mass is 262 g/mol. The van der Waals surface area contributed by atoms with Crippen LogP contribution in [0.25, 0.3) is 0 Å². The molecule has 2 rings (SSSR count). The normalized spacial score (nSPS) is 25.4. The second-order valence-corrected chi connectivity index (χ2v) is 5.71. The molecule has 1 aliphatic heterocycles. The molecule has 0 bridgehead atoms. The van der Waals surface area contributed by atoms with Crippen molar-refractivity contribution in [1.82, 2.24) is 0 Å². The summed E-state index contributed by atoms with van der Waals surface area (Å²) < 4.78 is 5.96. The Bertz CT molecular complexity index is 489. The second-order valence-electron chi connectivity index (χ2n) is 5.71. The Balaban J connectivity index is 2.18. The highest BCUT2D eigenvalue weighted by molar-refractivity contribution is 5.46. The highest BCUT2D eigenvalue weighted by Crippen LogP contribution is 2.39. The Hall–Kier alpha value is -1.48. The SMILES string of the molecule is CC(C)=CCCC1(C)Oc2cccc(O)c2CC1O. The molecule has 1 heterocycles. The fraction of sp³-hybridized carbons (Fsp3) is 0.500. The van der Waals surface area contributed by atoms with Crippen LogP contribution >= 0.6 is 0 Å². The van der Waals surface area contributed by atoms with Crippen molar-refractivity contribution in [3.05, 3.63) is 35.4 Å². The van der Waals surface area contributed by atoms with E-state index in [0.717, 1.165) is 12.8 Å². The molecule has 3 heteroatoms. The van der Waals surface area contributed by atoms with Gasteiger partial charge in [0.25, 0.3) is 0 Å². The summed E-state index contributed by atoms with van der Waals surface area (Å²) in [5.41, 5.74) is 1.38.